The Balaban J connectivity index is 2.07. The van der Waals surface area contributed by atoms with Crippen LogP contribution in [0.15, 0.2) is 42.5 Å². The molecule has 0 bridgehead atoms. The van der Waals surface area contributed by atoms with Gasteiger partial charge in [0, 0.05) is 17.8 Å². The maximum Gasteiger partial charge on any atom is 0.311 e. The predicted molar refractivity (Wildman–Crippen MR) is 85.0 cm³/mol. The normalized spacial score (nSPS) is 10.0. The second-order valence-corrected chi connectivity index (χ2v) is 4.75. The number of amides is 1. The van der Waals surface area contributed by atoms with E-state index in [1.54, 1.807) is 31.2 Å². The molecule has 0 spiro atoms. The number of benzene rings is 2. The third-order valence-electron chi connectivity index (χ3n) is 3.11. The van der Waals surface area contributed by atoms with E-state index in [-0.39, 0.29) is 24.0 Å². The summed E-state index contributed by atoms with van der Waals surface area (Å²) in [5.74, 6) is 0.299. The molecule has 0 aromatic heterocycles. The van der Waals surface area contributed by atoms with Crippen LogP contribution in [0.5, 0.6) is 11.5 Å². The molecule has 0 fully saturated rings. The van der Waals surface area contributed by atoms with Crippen molar-refractivity contribution in [2.24, 2.45) is 0 Å². The third kappa shape index (κ3) is 4.19. The first kappa shape index (κ1) is 16.3. The molecule has 7 nitrogen and oxygen atoms in total. The number of carbonyl (C=O) groups excluding carboxylic acids is 1. The van der Waals surface area contributed by atoms with Gasteiger partial charge in [-0.25, -0.2) is 0 Å². The number of nitro benzene ring substituents is 1. The molecule has 0 unspecified atom stereocenters. The number of anilines is 1. The van der Waals surface area contributed by atoms with Crippen LogP contribution < -0.4 is 14.8 Å². The number of rotatable bonds is 6. The molecule has 1 N–H and O–H groups in total. The summed E-state index contributed by atoms with van der Waals surface area (Å²) in [6.07, 6.45) is 0. The fourth-order valence-corrected chi connectivity index (χ4v) is 1.97. The van der Waals surface area contributed by atoms with Gasteiger partial charge in [-0.05, 0) is 24.6 Å². The number of aryl methyl sites for hydroxylation is 1. The number of methoxy groups -OCH3 is 1. The van der Waals surface area contributed by atoms with Crippen molar-refractivity contribution in [1.82, 2.24) is 0 Å². The van der Waals surface area contributed by atoms with E-state index in [1.807, 2.05) is 6.07 Å². The van der Waals surface area contributed by atoms with Gasteiger partial charge in [-0.1, -0.05) is 18.2 Å². The van der Waals surface area contributed by atoms with Crippen LogP contribution in [0.25, 0.3) is 0 Å². The summed E-state index contributed by atoms with van der Waals surface area (Å²) in [5, 5.41) is 13.6. The second-order valence-electron chi connectivity index (χ2n) is 4.75. The lowest BCUT2D eigenvalue weighted by Gasteiger charge is -2.11. The van der Waals surface area contributed by atoms with E-state index in [0.29, 0.717) is 17.0 Å². The molecular weight excluding hydrogens is 300 g/mol. The van der Waals surface area contributed by atoms with Gasteiger partial charge >= 0.3 is 5.69 Å². The van der Waals surface area contributed by atoms with Crippen molar-refractivity contribution in [2.45, 2.75) is 6.92 Å². The topological polar surface area (TPSA) is 90.7 Å². The van der Waals surface area contributed by atoms with Crippen molar-refractivity contribution in [2.75, 3.05) is 19.0 Å². The summed E-state index contributed by atoms with van der Waals surface area (Å²) < 4.78 is 10.3. The lowest BCUT2D eigenvalue weighted by atomic mass is 10.1. The second kappa shape index (κ2) is 7.26. The molecule has 0 saturated heterocycles. The van der Waals surface area contributed by atoms with Gasteiger partial charge in [-0.2, -0.15) is 0 Å². The average molecular weight is 316 g/mol. The Kier molecular flexibility index (Phi) is 5.14. The highest BCUT2D eigenvalue weighted by atomic mass is 16.6. The Hall–Kier alpha value is -3.09. The van der Waals surface area contributed by atoms with Gasteiger partial charge in [0.25, 0.3) is 5.91 Å². The van der Waals surface area contributed by atoms with E-state index in [4.69, 9.17) is 9.47 Å². The maximum atomic E-state index is 11.9. The van der Waals surface area contributed by atoms with Crippen LogP contribution in [0.1, 0.15) is 5.56 Å². The zero-order valence-electron chi connectivity index (χ0n) is 12.7. The number of nitrogens with zero attached hydrogens (tertiary/aromatic N) is 1. The highest BCUT2D eigenvalue weighted by Crippen LogP contribution is 2.32. The van der Waals surface area contributed by atoms with E-state index in [9.17, 15) is 14.9 Å². The van der Waals surface area contributed by atoms with Gasteiger partial charge < -0.3 is 14.8 Å². The van der Waals surface area contributed by atoms with E-state index in [2.05, 4.69) is 5.32 Å². The molecule has 2 rings (SSSR count). The van der Waals surface area contributed by atoms with Crippen LogP contribution in [0.2, 0.25) is 0 Å². The Morgan fingerprint density at radius 3 is 2.57 bits per heavy atom. The standard InChI is InChI=1S/C16H16N2O5/c1-11-8-14(18(20)21)15(22-2)9-13(11)17-16(19)10-23-12-6-4-3-5-7-12/h3-9H,10H2,1-2H3,(H,17,19). The molecule has 0 aliphatic carbocycles. The molecule has 0 heterocycles. The zero-order chi connectivity index (χ0) is 16.8. The predicted octanol–water partition coefficient (Wildman–Crippen LogP) is 2.93. The molecule has 0 aliphatic rings. The molecule has 2 aromatic carbocycles. The number of para-hydroxylation sites is 1. The van der Waals surface area contributed by atoms with Crippen molar-refractivity contribution in [1.29, 1.82) is 0 Å². The fraction of sp³-hybridized carbons (Fsp3) is 0.188. The molecular formula is C16H16N2O5. The molecule has 2 aromatic rings. The summed E-state index contributed by atoms with van der Waals surface area (Å²) in [6, 6.07) is 11.7. The number of hydrogen-bond acceptors (Lipinski definition) is 5. The van der Waals surface area contributed by atoms with Gasteiger partial charge in [0.05, 0.1) is 12.0 Å². The number of hydrogen-bond donors (Lipinski definition) is 1. The van der Waals surface area contributed by atoms with E-state index in [0.717, 1.165) is 0 Å². The van der Waals surface area contributed by atoms with Crippen LogP contribution in [0.3, 0.4) is 0 Å². The number of carbonyl (C=O) groups is 1. The quantitative estimate of drug-likeness (QED) is 0.653. The summed E-state index contributed by atoms with van der Waals surface area (Å²) in [5.41, 5.74) is 0.850. The van der Waals surface area contributed by atoms with Gasteiger partial charge in [0.2, 0.25) is 0 Å². The Morgan fingerprint density at radius 2 is 1.96 bits per heavy atom. The first-order valence-electron chi connectivity index (χ1n) is 6.82. The molecule has 7 heteroatoms. The molecule has 120 valence electrons. The van der Waals surface area contributed by atoms with Crippen LogP contribution in [-0.2, 0) is 4.79 Å². The maximum absolute atomic E-state index is 11.9. The summed E-state index contributed by atoms with van der Waals surface area (Å²) in [4.78, 5) is 22.4. The minimum absolute atomic E-state index is 0.0832. The molecule has 0 saturated carbocycles. The molecule has 23 heavy (non-hydrogen) atoms. The number of nitrogens with one attached hydrogen (secondary N) is 1. The third-order valence-corrected chi connectivity index (χ3v) is 3.11. The van der Waals surface area contributed by atoms with Crippen molar-refractivity contribution < 1.29 is 19.2 Å². The van der Waals surface area contributed by atoms with Gasteiger partial charge in [0.1, 0.15) is 5.75 Å². The van der Waals surface area contributed by atoms with E-state index >= 15 is 0 Å². The lowest BCUT2D eigenvalue weighted by Crippen LogP contribution is -2.20. The average Bonchev–Trinajstić information content (AvgIpc) is 2.55. The fourth-order valence-electron chi connectivity index (χ4n) is 1.97. The van der Waals surface area contributed by atoms with Crippen molar-refractivity contribution in [3.8, 4) is 11.5 Å². The minimum Gasteiger partial charge on any atom is -0.490 e. The first-order valence-corrected chi connectivity index (χ1v) is 6.82. The minimum atomic E-state index is -0.532. The highest BCUT2D eigenvalue weighted by Gasteiger charge is 2.18. The van der Waals surface area contributed by atoms with Crippen LogP contribution in [0, 0.1) is 17.0 Å². The van der Waals surface area contributed by atoms with Crippen LogP contribution in [-0.4, -0.2) is 24.5 Å². The summed E-state index contributed by atoms with van der Waals surface area (Å²) in [7, 11) is 1.34. The van der Waals surface area contributed by atoms with E-state index in [1.165, 1.54) is 19.2 Å². The largest absolute Gasteiger partial charge is 0.490 e. The number of nitro groups is 1. The monoisotopic (exact) mass is 316 g/mol. The highest BCUT2D eigenvalue weighted by molar-refractivity contribution is 5.93. The molecule has 1 amide bonds. The molecule has 0 aliphatic heterocycles. The Morgan fingerprint density at radius 1 is 1.26 bits per heavy atom. The summed E-state index contributed by atoms with van der Waals surface area (Å²) in [6.45, 7) is 1.50. The van der Waals surface area contributed by atoms with Gasteiger partial charge in [-0.15, -0.1) is 0 Å². The number of ether oxygens (including phenoxy) is 2. The van der Waals surface area contributed by atoms with Crippen LogP contribution >= 0.6 is 0 Å². The SMILES string of the molecule is COc1cc(NC(=O)COc2ccccc2)c(C)cc1[N+](=O)[O-]. The van der Waals surface area contributed by atoms with Crippen LogP contribution in [0.4, 0.5) is 11.4 Å². The summed E-state index contributed by atoms with van der Waals surface area (Å²) >= 11 is 0. The van der Waals surface area contributed by atoms with Crippen molar-refractivity contribution in [3.05, 3.63) is 58.1 Å². The Bertz CT molecular complexity index is 716. The Labute approximate surface area is 133 Å². The van der Waals surface area contributed by atoms with E-state index < -0.39 is 4.92 Å². The zero-order valence-corrected chi connectivity index (χ0v) is 12.7. The van der Waals surface area contributed by atoms with Crippen molar-refractivity contribution >= 4 is 17.3 Å². The lowest BCUT2D eigenvalue weighted by molar-refractivity contribution is -0.385. The molecule has 0 radical (unpaired) electrons. The van der Waals surface area contributed by atoms with Crippen molar-refractivity contribution in [3.63, 3.8) is 0 Å². The van der Waals surface area contributed by atoms with Gasteiger partial charge in [0.15, 0.2) is 12.4 Å². The van der Waals surface area contributed by atoms with Gasteiger partial charge in [-0.3, -0.25) is 14.9 Å². The first-order chi connectivity index (χ1) is 11.0. The smallest absolute Gasteiger partial charge is 0.311 e. The molecule has 0 atom stereocenters.